The van der Waals surface area contributed by atoms with Crippen molar-refractivity contribution >= 4 is 0 Å². The predicted octanol–water partition coefficient (Wildman–Crippen LogP) is 2.89. The van der Waals surface area contributed by atoms with Crippen LogP contribution in [0, 0.1) is 5.92 Å². The number of rotatable bonds is 7. The Morgan fingerprint density at radius 3 is 2.12 bits per heavy atom. The van der Waals surface area contributed by atoms with Gasteiger partial charge in [0.1, 0.15) is 0 Å². The summed E-state index contributed by atoms with van der Waals surface area (Å²) in [6.07, 6.45) is 7.07. The average molecular weight is 226 g/mol. The Labute approximate surface area is 102 Å². The van der Waals surface area contributed by atoms with E-state index in [2.05, 4.69) is 31.0 Å². The summed E-state index contributed by atoms with van der Waals surface area (Å²) in [7, 11) is 0. The largest absolute Gasteiger partial charge is 0.313 e. The molecule has 1 rings (SSSR count). The van der Waals surface area contributed by atoms with Gasteiger partial charge < -0.3 is 10.2 Å². The van der Waals surface area contributed by atoms with Gasteiger partial charge in [-0.2, -0.15) is 0 Å². The molecule has 0 atom stereocenters. The normalized spacial score (nSPS) is 26.2. The lowest BCUT2D eigenvalue weighted by atomic mass is 9.84. The maximum atomic E-state index is 3.72. The Bertz CT molecular complexity index is 158. The molecule has 1 fully saturated rings. The molecule has 0 aromatic rings. The molecule has 0 aliphatic heterocycles. The van der Waals surface area contributed by atoms with Gasteiger partial charge in [0, 0.05) is 19.1 Å². The lowest BCUT2D eigenvalue weighted by molar-refractivity contribution is 0.260. The van der Waals surface area contributed by atoms with Crippen molar-refractivity contribution in [3.05, 3.63) is 0 Å². The molecule has 16 heavy (non-hydrogen) atoms. The monoisotopic (exact) mass is 226 g/mol. The molecule has 0 heterocycles. The Morgan fingerprint density at radius 2 is 1.62 bits per heavy atom. The fourth-order valence-corrected chi connectivity index (χ4v) is 2.74. The van der Waals surface area contributed by atoms with Gasteiger partial charge in [0.05, 0.1) is 0 Å². The predicted molar refractivity (Wildman–Crippen MR) is 71.8 cm³/mol. The van der Waals surface area contributed by atoms with Crippen molar-refractivity contribution in [3.63, 3.8) is 0 Å². The summed E-state index contributed by atoms with van der Waals surface area (Å²) >= 11 is 0. The molecule has 96 valence electrons. The summed E-state index contributed by atoms with van der Waals surface area (Å²) < 4.78 is 0. The fraction of sp³-hybridized carbons (Fsp3) is 1.00. The van der Waals surface area contributed by atoms with E-state index in [1.165, 1.54) is 58.3 Å². The van der Waals surface area contributed by atoms with E-state index in [9.17, 15) is 0 Å². The summed E-state index contributed by atoms with van der Waals surface area (Å²) in [5, 5.41) is 3.72. The van der Waals surface area contributed by atoms with Crippen molar-refractivity contribution in [1.29, 1.82) is 0 Å². The maximum absolute atomic E-state index is 3.72. The zero-order chi connectivity index (χ0) is 11.8. The Balaban J connectivity index is 2.06. The van der Waals surface area contributed by atoms with Gasteiger partial charge in [-0.1, -0.05) is 27.2 Å². The Kier molecular flexibility index (Phi) is 7.06. The number of hydrogen-bond donors (Lipinski definition) is 1. The maximum Gasteiger partial charge on any atom is 0.0107 e. The first-order valence-electron chi connectivity index (χ1n) is 7.25. The van der Waals surface area contributed by atoms with Crippen LogP contribution in [-0.4, -0.2) is 37.1 Å². The SMILES string of the molecule is CCC1CCC(NCCN(CC)CC)CC1. The van der Waals surface area contributed by atoms with Crippen LogP contribution in [0.15, 0.2) is 0 Å². The molecule has 0 bridgehead atoms. The van der Waals surface area contributed by atoms with Crippen molar-refractivity contribution in [2.24, 2.45) is 5.92 Å². The highest BCUT2D eigenvalue weighted by molar-refractivity contribution is 4.76. The van der Waals surface area contributed by atoms with E-state index in [4.69, 9.17) is 0 Å². The van der Waals surface area contributed by atoms with Crippen LogP contribution >= 0.6 is 0 Å². The number of likely N-dealkylation sites (N-methyl/N-ethyl adjacent to an activating group) is 1. The van der Waals surface area contributed by atoms with Crippen LogP contribution in [0.25, 0.3) is 0 Å². The van der Waals surface area contributed by atoms with Crippen LogP contribution in [-0.2, 0) is 0 Å². The second-order valence-corrected chi connectivity index (χ2v) is 5.11. The quantitative estimate of drug-likeness (QED) is 0.718. The highest BCUT2D eigenvalue weighted by Gasteiger charge is 2.19. The first-order valence-corrected chi connectivity index (χ1v) is 7.25. The fourth-order valence-electron chi connectivity index (χ4n) is 2.74. The highest BCUT2D eigenvalue weighted by Crippen LogP contribution is 2.26. The molecule has 0 aromatic carbocycles. The van der Waals surface area contributed by atoms with Gasteiger partial charge in [0.25, 0.3) is 0 Å². The van der Waals surface area contributed by atoms with Crippen LogP contribution in [0.1, 0.15) is 52.9 Å². The van der Waals surface area contributed by atoms with Crippen molar-refractivity contribution in [1.82, 2.24) is 10.2 Å². The third-order valence-electron chi connectivity index (χ3n) is 4.18. The lowest BCUT2D eigenvalue weighted by Gasteiger charge is -2.29. The standard InChI is InChI=1S/C14H30N2/c1-4-13-7-9-14(10-8-13)15-11-12-16(5-2)6-3/h13-15H,4-12H2,1-3H3. The summed E-state index contributed by atoms with van der Waals surface area (Å²) in [6, 6.07) is 0.804. The molecular weight excluding hydrogens is 196 g/mol. The molecule has 2 heteroatoms. The average Bonchev–Trinajstić information content (AvgIpc) is 2.35. The van der Waals surface area contributed by atoms with Gasteiger partial charge >= 0.3 is 0 Å². The van der Waals surface area contributed by atoms with E-state index in [0.717, 1.165) is 12.0 Å². The van der Waals surface area contributed by atoms with E-state index in [1.807, 2.05) is 0 Å². The molecule has 0 spiro atoms. The highest BCUT2D eigenvalue weighted by atomic mass is 15.1. The molecule has 0 aromatic heterocycles. The van der Waals surface area contributed by atoms with Crippen LogP contribution in [0.5, 0.6) is 0 Å². The van der Waals surface area contributed by atoms with E-state index in [1.54, 1.807) is 0 Å². The zero-order valence-electron chi connectivity index (χ0n) is 11.5. The first-order chi connectivity index (χ1) is 7.80. The number of hydrogen-bond acceptors (Lipinski definition) is 2. The Hall–Kier alpha value is -0.0800. The second kappa shape index (κ2) is 8.08. The van der Waals surface area contributed by atoms with Crippen LogP contribution in [0.2, 0.25) is 0 Å². The molecule has 1 aliphatic carbocycles. The van der Waals surface area contributed by atoms with Crippen molar-refractivity contribution in [3.8, 4) is 0 Å². The Morgan fingerprint density at radius 1 is 1.00 bits per heavy atom. The minimum absolute atomic E-state index is 0.804. The molecule has 1 aliphatic rings. The molecule has 0 saturated heterocycles. The lowest BCUT2D eigenvalue weighted by Crippen LogP contribution is -2.39. The molecule has 0 unspecified atom stereocenters. The zero-order valence-corrected chi connectivity index (χ0v) is 11.5. The molecular formula is C14H30N2. The second-order valence-electron chi connectivity index (χ2n) is 5.11. The van der Waals surface area contributed by atoms with Gasteiger partial charge in [0.15, 0.2) is 0 Å². The minimum atomic E-state index is 0.804. The van der Waals surface area contributed by atoms with Crippen molar-refractivity contribution in [2.45, 2.75) is 58.9 Å². The van der Waals surface area contributed by atoms with Crippen LogP contribution in [0.3, 0.4) is 0 Å². The van der Waals surface area contributed by atoms with Gasteiger partial charge in [0.2, 0.25) is 0 Å². The first kappa shape index (κ1) is 14.0. The third kappa shape index (κ3) is 4.84. The number of nitrogens with zero attached hydrogens (tertiary/aromatic N) is 1. The van der Waals surface area contributed by atoms with Crippen LogP contribution in [0.4, 0.5) is 0 Å². The minimum Gasteiger partial charge on any atom is -0.313 e. The smallest absolute Gasteiger partial charge is 0.0107 e. The molecule has 1 saturated carbocycles. The van der Waals surface area contributed by atoms with Crippen molar-refractivity contribution < 1.29 is 0 Å². The van der Waals surface area contributed by atoms with Gasteiger partial charge in [-0.15, -0.1) is 0 Å². The van der Waals surface area contributed by atoms with E-state index in [0.29, 0.717) is 0 Å². The van der Waals surface area contributed by atoms with Gasteiger partial charge in [-0.3, -0.25) is 0 Å². The van der Waals surface area contributed by atoms with Gasteiger partial charge in [-0.25, -0.2) is 0 Å². The molecule has 2 nitrogen and oxygen atoms in total. The molecule has 1 N–H and O–H groups in total. The molecule has 0 amide bonds. The summed E-state index contributed by atoms with van der Waals surface area (Å²) in [4.78, 5) is 2.49. The van der Waals surface area contributed by atoms with Crippen LogP contribution < -0.4 is 5.32 Å². The van der Waals surface area contributed by atoms with Gasteiger partial charge in [-0.05, 0) is 44.7 Å². The van der Waals surface area contributed by atoms with E-state index >= 15 is 0 Å². The van der Waals surface area contributed by atoms with E-state index in [-0.39, 0.29) is 0 Å². The van der Waals surface area contributed by atoms with Crippen molar-refractivity contribution in [2.75, 3.05) is 26.2 Å². The number of nitrogens with one attached hydrogen (secondary N) is 1. The van der Waals surface area contributed by atoms with E-state index < -0.39 is 0 Å². The summed E-state index contributed by atoms with van der Waals surface area (Å²) in [5.41, 5.74) is 0. The molecule has 0 radical (unpaired) electrons. The third-order valence-corrected chi connectivity index (χ3v) is 4.18. The summed E-state index contributed by atoms with van der Waals surface area (Å²) in [5.74, 6) is 1.01. The summed E-state index contributed by atoms with van der Waals surface area (Å²) in [6.45, 7) is 11.6. The topological polar surface area (TPSA) is 15.3 Å².